The minimum atomic E-state index is 0.814. The Morgan fingerprint density at radius 1 is 0.667 bits per heavy atom. The molecule has 2 heteroatoms. The van der Waals surface area contributed by atoms with Crippen LogP contribution in [0.15, 0.2) is 24.3 Å². The molecule has 21 heavy (non-hydrogen) atoms. The van der Waals surface area contributed by atoms with Crippen LogP contribution in [0.25, 0.3) is 0 Å². The fourth-order valence-electron chi connectivity index (χ4n) is 2.74. The molecule has 0 saturated carbocycles. The van der Waals surface area contributed by atoms with E-state index in [4.69, 9.17) is 9.47 Å². The Labute approximate surface area is 127 Å². The predicted octanol–water partition coefficient (Wildman–Crippen LogP) is 4.53. The second-order valence-electron chi connectivity index (χ2n) is 5.58. The monoisotopic (exact) mass is 284 g/mol. The highest BCUT2D eigenvalue weighted by molar-refractivity contribution is 5.51. The van der Waals surface area contributed by atoms with Crippen molar-refractivity contribution in [3.8, 4) is 11.5 Å². The minimum Gasteiger partial charge on any atom is -0.496 e. The van der Waals surface area contributed by atoms with Gasteiger partial charge in [0, 0.05) is 6.42 Å². The van der Waals surface area contributed by atoms with Crippen molar-refractivity contribution in [1.82, 2.24) is 0 Å². The van der Waals surface area contributed by atoms with Gasteiger partial charge in [0.2, 0.25) is 0 Å². The van der Waals surface area contributed by atoms with E-state index in [-0.39, 0.29) is 0 Å². The molecule has 0 N–H and O–H groups in total. The normalized spacial score (nSPS) is 10.6. The highest BCUT2D eigenvalue weighted by Crippen LogP contribution is 2.32. The van der Waals surface area contributed by atoms with Crippen molar-refractivity contribution in [3.05, 3.63) is 57.6 Å². The van der Waals surface area contributed by atoms with E-state index in [1.807, 2.05) is 0 Å². The van der Waals surface area contributed by atoms with Crippen molar-refractivity contribution >= 4 is 0 Å². The average molecular weight is 284 g/mol. The smallest absolute Gasteiger partial charge is 0.125 e. The maximum atomic E-state index is 5.62. The van der Waals surface area contributed by atoms with Gasteiger partial charge in [-0.3, -0.25) is 0 Å². The fraction of sp³-hybridized carbons (Fsp3) is 0.368. The lowest BCUT2D eigenvalue weighted by atomic mass is 9.96. The van der Waals surface area contributed by atoms with Crippen molar-refractivity contribution in [1.29, 1.82) is 0 Å². The molecule has 0 aliphatic carbocycles. The molecule has 0 heterocycles. The van der Waals surface area contributed by atoms with Crippen LogP contribution in [0.1, 0.15) is 33.4 Å². The first-order valence-corrected chi connectivity index (χ1v) is 7.25. The van der Waals surface area contributed by atoms with E-state index in [0.29, 0.717) is 0 Å². The molecule has 0 spiro atoms. The SMILES string of the molecule is COc1c(Cc2ccc(C)c(C)c2OC)ccc(C)c1C. The molecular formula is C19H24O2. The molecule has 0 radical (unpaired) electrons. The maximum Gasteiger partial charge on any atom is 0.125 e. The van der Waals surface area contributed by atoms with Gasteiger partial charge < -0.3 is 9.47 Å². The molecule has 0 unspecified atom stereocenters. The summed E-state index contributed by atoms with van der Waals surface area (Å²) in [4.78, 5) is 0. The third-order valence-corrected chi connectivity index (χ3v) is 4.31. The number of benzene rings is 2. The Balaban J connectivity index is 2.48. The van der Waals surface area contributed by atoms with E-state index in [9.17, 15) is 0 Å². The first-order valence-electron chi connectivity index (χ1n) is 7.25. The summed E-state index contributed by atoms with van der Waals surface area (Å²) >= 11 is 0. The second-order valence-corrected chi connectivity index (χ2v) is 5.58. The third-order valence-electron chi connectivity index (χ3n) is 4.31. The summed E-state index contributed by atoms with van der Waals surface area (Å²) in [5.41, 5.74) is 7.31. The van der Waals surface area contributed by atoms with E-state index in [1.54, 1.807) is 14.2 Å². The molecule has 0 amide bonds. The number of hydrogen-bond acceptors (Lipinski definition) is 2. The van der Waals surface area contributed by atoms with Crippen LogP contribution in [0.2, 0.25) is 0 Å². The second kappa shape index (κ2) is 6.21. The summed E-state index contributed by atoms with van der Waals surface area (Å²) in [6.45, 7) is 8.43. The summed E-state index contributed by atoms with van der Waals surface area (Å²) in [7, 11) is 3.48. The van der Waals surface area contributed by atoms with Gasteiger partial charge in [0.05, 0.1) is 14.2 Å². The fourth-order valence-corrected chi connectivity index (χ4v) is 2.74. The van der Waals surface area contributed by atoms with Crippen LogP contribution in [0, 0.1) is 27.7 Å². The summed E-state index contributed by atoms with van der Waals surface area (Å²) < 4.78 is 11.2. The highest BCUT2D eigenvalue weighted by Gasteiger charge is 2.13. The van der Waals surface area contributed by atoms with Gasteiger partial charge in [-0.1, -0.05) is 24.3 Å². The molecule has 112 valence electrons. The van der Waals surface area contributed by atoms with Gasteiger partial charge in [0.25, 0.3) is 0 Å². The van der Waals surface area contributed by atoms with Crippen LogP contribution in [0.4, 0.5) is 0 Å². The minimum absolute atomic E-state index is 0.814. The molecule has 2 aromatic rings. The number of methoxy groups -OCH3 is 2. The van der Waals surface area contributed by atoms with Gasteiger partial charge in [0.1, 0.15) is 11.5 Å². The Morgan fingerprint density at radius 3 is 1.38 bits per heavy atom. The van der Waals surface area contributed by atoms with Gasteiger partial charge in [-0.05, 0) is 61.1 Å². The van der Waals surface area contributed by atoms with Crippen LogP contribution in [-0.2, 0) is 6.42 Å². The van der Waals surface area contributed by atoms with E-state index in [2.05, 4.69) is 52.0 Å². The van der Waals surface area contributed by atoms with E-state index >= 15 is 0 Å². The van der Waals surface area contributed by atoms with Crippen molar-refractivity contribution in [3.63, 3.8) is 0 Å². The van der Waals surface area contributed by atoms with Crippen molar-refractivity contribution in [2.24, 2.45) is 0 Å². The molecule has 0 bridgehead atoms. The molecule has 2 aromatic carbocycles. The van der Waals surface area contributed by atoms with Crippen LogP contribution in [0.3, 0.4) is 0 Å². The molecule has 0 aliphatic rings. The van der Waals surface area contributed by atoms with Gasteiger partial charge >= 0.3 is 0 Å². The summed E-state index contributed by atoms with van der Waals surface area (Å²) in [6, 6.07) is 8.60. The zero-order valence-electron chi connectivity index (χ0n) is 13.8. The first kappa shape index (κ1) is 15.4. The zero-order valence-corrected chi connectivity index (χ0v) is 13.8. The molecule has 2 nitrogen and oxygen atoms in total. The molecule has 2 rings (SSSR count). The van der Waals surface area contributed by atoms with Gasteiger partial charge in [-0.25, -0.2) is 0 Å². The number of hydrogen-bond donors (Lipinski definition) is 0. The van der Waals surface area contributed by atoms with E-state index in [1.165, 1.54) is 33.4 Å². The lowest BCUT2D eigenvalue weighted by molar-refractivity contribution is 0.401. The topological polar surface area (TPSA) is 18.5 Å². The molecule has 0 aromatic heterocycles. The van der Waals surface area contributed by atoms with Crippen LogP contribution >= 0.6 is 0 Å². The largest absolute Gasteiger partial charge is 0.496 e. The van der Waals surface area contributed by atoms with Crippen molar-refractivity contribution in [2.75, 3.05) is 14.2 Å². The van der Waals surface area contributed by atoms with Gasteiger partial charge in [-0.15, -0.1) is 0 Å². The van der Waals surface area contributed by atoms with Crippen molar-refractivity contribution < 1.29 is 9.47 Å². The Kier molecular flexibility index (Phi) is 4.56. The standard InChI is InChI=1S/C19H24O2/c1-12-7-9-16(18(20-5)14(12)3)11-17-10-8-13(2)15(4)19(17)21-6/h7-10H,11H2,1-6H3. The van der Waals surface area contributed by atoms with Crippen LogP contribution < -0.4 is 9.47 Å². The van der Waals surface area contributed by atoms with Crippen LogP contribution in [-0.4, -0.2) is 14.2 Å². The predicted molar refractivity (Wildman–Crippen MR) is 87.7 cm³/mol. The quantitative estimate of drug-likeness (QED) is 0.821. The average Bonchev–Trinajstić information content (AvgIpc) is 2.47. The molecule has 0 saturated heterocycles. The number of ether oxygens (including phenoxy) is 2. The number of rotatable bonds is 4. The van der Waals surface area contributed by atoms with E-state index < -0.39 is 0 Å². The lowest BCUT2D eigenvalue weighted by Crippen LogP contribution is -2.01. The first-order chi connectivity index (χ1) is 9.99. The third kappa shape index (κ3) is 2.90. The van der Waals surface area contributed by atoms with Crippen molar-refractivity contribution in [2.45, 2.75) is 34.1 Å². The van der Waals surface area contributed by atoms with E-state index in [0.717, 1.165) is 17.9 Å². The Bertz CT molecular complexity index is 600. The zero-order chi connectivity index (χ0) is 15.6. The maximum absolute atomic E-state index is 5.62. The Morgan fingerprint density at radius 2 is 1.05 bits per heavy atom. The van der Waals surface area contributed by atoms with Gasteiger partial charge in [-0.2, -0.15) is 0 Å². The molecule has 0 fully saturated rings. The van der Waals surface area contributed by atoms with Gasteiger partial charge in [0.15, 0.2) is 0 Å². The summed E-state index contributed by atoms with van der Waals surface area (Å²) in [5, 5.41) is 0. The number of aryl methyl sites for hydroxylation is 2. The molecule has 0 atom stereocenters. The Hall–Kier alpha value is -1.96. The highest BCUT2D eigenvalue weighted by atomic mass is 16.5. The molecule has 0 aliphatic heterocycles. The summed E-state index contributed by atoms with van der Waals surface area (Å²) in [6.07, 6.45) is 0.814. The molecular weight excluding hydrogens is 260 g/mol. The summed E-state index contributed by atoms with van der Waals surface area (Å²) in [5.74, 6) is 1.96. The van der Waals surface area contributed by atoms with Crippen LogP contribution in [0.5, 0.6) is 11.5 Å². The lowest BCUT2D eigenvalue weighted by Gasteiger charge is -2.17.